The molecule has 0 radical (unpaired) electrons. The second-order valence-corrected chi connectivity index (χ2v) is 6.78. The number of nitriles is 1. The number of ether oxygens (including phenoxy) is 1. The second-order valence-electron chi connectivity index (χ2n) is 6.78. The van der Waals surface area contributed by atoms with Crippen molar-refractivity contribution in [3.63, 3.8) is 0 Å². The monoisotopic (exact) mass is 334 g/mol. The Hall–Kier alpha value is -2.80. The molecule has 4 heteroatoms. The summed E-state index contributed by atoms with van der Waals surface area (Å²) in [5.74, 6) is 0.363. The molecule has 1 N–H and O–H groups in total. The van der Waals surface area contributed by atoms with Crippen molar-refractivity contribution >= 4 is 6.09 Å². The van der Waals surface area contributed by atoms with Crippen molar-refractivity contribution in [1.82, 2.24) is 5.32 Å². The third-order valence-corrected chi connectivity index (χ3v) is 4.50. The van der Waals surface area contributed by atoms with Crippen LogP contribution in [0.3, 0.4) is 0 Å². The molecule has 2 aromatic rings. The average molecular weight is 334 g/mol. The van der Waals surface area contributed by atoms with Gasteiger partial charge in [-0.2, -0.15) is 5.26 Å². The van der Waals surface area contributed by atoms with Crippen LogP contribution in [-0.2, 0) is 4.74 Å². The highest BCUT2D eigenvalue weighted by molar-refractivity contribution is 5.79. The van der Waals surface area contributed by atoms with E-state index in [9.17, 15) is 4.79 Å². The molecule has 4 nitrogen and oxygen atoms in total. The van der Waals surface area contributed by atoms with Gasteiger partial charge >= 0.3 is 6.09 Å². The van der Waals surface area contributed by atoms with Crippen molar-refractivity contribution in [2.75, 3.05) is 6.61 Å². The van der Waals surface area contributed by atoms with Crippen LogP contribution in [0.4, 0.5) is 4.79 Å². The molecule has 0 aliphatic heterocycles. The fraction of sp³-hybridized carbons (Fsp3) is 0.333. The summed E-state index contributed by atoms with van der Waals surface area (Å²) in [5, 5.41) is 11.8. The average Bonchev–Trinajstić information content (AvgIpc) is 2.93. The molecule has 1 aliphatic carbocycles. The number of nitrogens with zero attached hydrogens (tertiary/aromatic N) is 1. The third-order valence-electron chi connectivity index (χ3n) is 4.50. The van der Waals surface area contributed by atoms with Crippen LogP contribution in [-0.4, -0.2) is 18.7 Å². The lowest BCUT2D eigenvalue weighted by Crippen LogP contribution is -2.35. The van der Waals surface area contributed by atoms with Gasteiger partial charge in [0, 0.05) is 5.92 Å². The predicted octanol–water partition coefficient (Wildman–Crippen LogP) is 4.46. The molecule has 0 heterocycles. The number of rotatable bonds is 5. The SMILES string of the molecule is CC(C)C[C@H](C#N)NC(=O)OCC1c2ccccc2-c2ccccc21. The molecular formula is C21H22N2O2. The van der Waals surface area contributed by atoms with Crippen molar-refractivity contribution in [2.45, 2.75) is 32.2 Å². The first-order chi connectivity index (χ1) is 12.1. The molecule has 0 fully saturated rings. The van der Waals surface area contributed by atoms with Crippen LogP contribution in [0.1, 0.15) is 37.3 Å². The van der Waals surface area contributed by atoms with Crippen LogP contribution in [0.5, 0.6) is 0 Å². The molecule has 0 unspecified atom stereocenters. The first-order valence-electron chi connectivity index (χ1n) is 8.61. The Morgan fingerprint density at radius 2 is 1.68 bits per heavy atom. The quantitative estimate of drug-likeness (QED) is 0.878. The van der Waals surface area contributed by atoms with Crippen LogP contribution in [0.2, 0.25) is 0 Å². The summed E-state index contributed by atoms with van der Waals surface area (Å²) in [6, 6.07) is 18.0. The molecular weight excluding hydrogens is 312 g/mol. The van der Waals surface area contributed by atoms with Crippen molar-refractivity contribution < 1.29 is 9.53 Å². The van der Waals surface area contributed by atoms with E-state index in [4.69, 9.17) is 10.00 Å². The number of alkyl carbamates (subject to hydrolysis) is 1. The molecule has 0 saturated carbocycles. The van der Waals surface area contributed by atoms with Crippen molar-refractivity contribution in [2.24, 2.45) is 5.92 Å². The van der Waals surface area contributed by atoms with Gasteiger partial charge in [-0.25, -0.2) is 4.79 Å². The van der Waals surface area contributed by atoms with Gasteiger partial charge in [0.2, 0.25) is 0 Å². The lowest BCUT2D eigenvalue weighted by Gasteiger charge is -2.17. The normalized spacial score (nSPS) is 13.7. The number of hydrogen-bond acceptors (Lipinski definition) is 3. The minimum absolute atomic E-state index is 0.0313. The van der Waals surface area contributed by atoms with E-state index in [2.05, 4.69) is 35.7 Å². The number of nitrogens with one attached hydrogen (secondary N) is 1. The summed E-state index contributed by atoms with van der Waals surface area (Å²) in [7, 11) is 0. The highest BCUT2D eigenvalue weighted by Crippen LogP contribution is 2.44. The van der Waals surface area contributed by atoms with Gasteiger partial charge in [0.15, 0.2) is 0 Å². The van der Waals surface area contributed by atoms with Gasteiger partial charge in [0.25, 0.3) is 0 Å². The zero-order valence-electron chi connectivity index (χ0n) is 14.5. The van der Waals surface area contributed by atoms with Gasteiger partial charge in [0.1, 0.15) is 12.6 Å². The van der Waals surface area contributed by atoms with Gasteiger partial charge < -0.3 is 10.1 Å². The highest BCUT2D eigenvalue weighted by Gasteiger charge is 2.29. The molecule has 25 heavy (non-hydrogen) atoms. The van der Waals surface area contributed by atoms with E-state index in [1.807, 2.05) is 38.1 Å². The molecule has 0 spiro atoms. The van der Waals surface area contributed by atoms with Crippen LogP contribution >= 0.6 is 0 Å². The standard InChI is InChI=1S/C21H22N2O2/c1-14(2)11-15(12-22)23-21(24)25-13-20-18-9-5-3-7-16(18)17-8-4-6-10-19(17)20/h3-10,14-15,20H,11,13H2,1-2H3,(H,23,24)/t15-/m1/s1. The minimum Gasteiger partial charge on any atom is -0.449 e. The van der Waals surface area contributed by atoms with E-state index in [0.29, 0.717) is 12.3 Å². The van der Waals surface area contributed by atoms with Crippen LogP contribution in [0, 0.1) is 17.2 Å². The zero-order chi connectivity index (χ0) is 17.8. The first kappa shape index (κ1) is 17.0. The zero-order valence-corrected chi connectivity index (χ0v) is 14.5. The Morgan fingerprint density at radius 1 is 1.12 bits per heavy atom. The third kappa shape index (κ3) is 3.66. The summed E-state index contributed by atoms with van der Waals surface area (Å²) < 4.78 is 5.45. The maximum Gasteiger partial charge on any atom is 0.408 e. The van der Waals surface area contributed by atoms with Gasteiger partial charge in [-0.15, -0.1) is 0 Å². The Kier molecular flexibility index (Phi) is 5.04. The van der Waals surface area contributed by atoms with E-state index in [1.165, 1.54) is 22.3 Å². The molecule has 2 aromatic carbocycles. The fourth-order valence-electron chi connectivity index (χ4n) is 3.40. The van der Waals surface area contributed by atoms with E-state index >= 15 is 0 Å². The van der Waals surface area contributed by atoms with E-state index in [1.54, 1.807) is 0 Å². The van der Waals surface area contributed by atoms with Crippen molar-refractivity contribution in [3.05, 3.63) is 59.7 Å². The lowest BCUT2D eigenvalue weighted by molar-refractivity contribution is 0.140. The van der Waals surface area contributed by atoms with Gasteiger partial charge in [-0.1, -0.05) is 62.4 Å². The largest absolute Gasteiger partial charge is 0.449 e. The number of hydrogen-bond donors (Lipinski definition) is 1. The molecule has 1 amide bonds. The fourth-order valence-corrected chi connectivity index (χ4v) is 3.40. The van der Waals surface area contributed by atoms with Crippen molar-refractivity contribution in [1.29, 1.82) is 5.26 Å². The van der Waals surface area contributed by atoms with E-state index in [-0.39, 0.29) is 12.5 Å². The number of carbonyl (C=O) groups is 1. The predicted molar refractivity (Wildman–Crippen MR) is 97.1 cm³/mol. The van der Waals surface area contributed by atoms with Crippen LogP contribution in [0.25, 0.3) is 11.1 Å². The topological polar surface area (TPSA) is 62.1 Å². The Balaban J connectivity index is 1.69. The van der Waals surface area contributed by atoms with Crippen molar-refractivity contribution in [3.8, 4) is 17.2 Å². The van der Waals surface area contributed by atoms with E-state index < -0.39 is 12.1 Å². The van der Waals surface area contributed by atoms with Gasteiger partial charge in [0.05, 0.1) is 6.07 Å². The highest BCUT2D eigenvalue weighted by atomic mass is 16.5. The molecule has 1 aliphatic rings. The Morgan fingerprint density at radius 3 is 2.20 bits per heavy atom. The van der Waals surface area contributed by atoms with Crippen LogP contribution < -0.4 is 5.32 Å². The summed E-state index contributed by atoms with van der Waals surface area (Å²) in [6.07, 6.45) is 0.0785. The molecule has 128 valence electrons. The van der Waals surface area contributed by atoms with Gasteiger partial charge in [-0.3, -0.25) is 0 Å². The second kappa shape index (κ2) is 7.40. The smallest absolute Gasteiger partial charge is 0.408 e. The van der Waals surface area contributed by atoms with Gasteiger partial charge in [-0.05, 0) is 34.6 Å². The number of fused-ring (bicyclic) bond motifs is 3. The maximum absolute atomic E-state index is 12.1. The molecule has 0 saturated heterocycles. The lowest BCUT2D eigenvalue weighted by atomic mass is 9.98. The van der Waals surface area contributed by atoms with E-state index in [0.717, 1.165) is 0 Å². The summed E-state index contributed by atoms with van der Waals surface area (Å²) in [4.78, 5) is 12.1. The molecule has 3 rings (SSSR count). The van der Waals surface area contributed by atoms with Crippen LogP contribution in [0.15, 0.2) is 48.5 Å². The first-order valence-corrected chi connectivity index (χ1v) is 8.61. The number of amides is 1. The minimum atomic E-state index is -0.533. The summed E-state index contributed by atoms with van der Waals surface area (Å²) in [6.45, 7) is 4.30. The molecule has 0 bridgehead atoms. The Bertz CT molecular complexity index is 762. The molecule has 0 aromatic heterocycles. The maximum atomic E-state index is 12.1. The summed E-state index contributed by atoms with van der Waals surface area (Å²) >= 11 is 0. The molecule has 1 atom stereocenters. The number of benzene rings is 2. The summed E-state index contributed by atoms with van der Waals surface area (Å²) in [5.41, 5.74) is 4.75. The Labute approximate surface area is 148 Å². The number of carbonyl (C=O) groups excluding carboxylic acids is 1.